The number of fused-ring (bicyclic) bond motifs is 1. The van der Waals surface area contributed by atoms with Crippen LogP contribution < -0.4 is 0 Å². The average Bonchev–Trinajstić information content (AvgIpc) is 2.68. The summed E-state index contributed by atoms with van der Waals surface area (Å²) >= 11 is 5.97. The summed E-state index contributed by atoms with van der Waals surface area (Å²) < 4.78 is 0. The van der Waals surface area contributed by atoms with Crippen molar-refractivity contribution in [2.75, 3.05) is 0 Å². The Labute approximate surface area is 106 Å². The molecule has 2 heteroatoms. The molecule has 1 N–H and O–H groups in total. The Morgan fingerprint density at radius 1 is 1.00 bits per heavy atom. The fourth-order valence-electron chi connectivity index (χ4n) is 2.63. The number of aliphatic hydroxyl groups excluding tert-OH is 1. The molecule has 1 aliphatic rings. The Kier molecular flexibility index (Phi) is 2.65. The van der Waals surface area contributed by atoms with E-state index in [4.69, 9.17) is 11.6 Å². The number of rotatable bonds is 1. The molecule has 0 aliphatic heterocycles. The number of halogens is 1. The molecule has 1 unspecified atom stereocenters. The third-order valence-corrected chi connectivity index (χ3v) is 3.68. The lowest BCUT2D eigenvalue weighted by Crippen LogP contribution is -1.95. The Hall–Kier alpha value is -1.31. The molecule has 0 amide bonds. The molecule has 2 aromatic rings. The van der Waals surface area contributed by atoms with E-state index in [-0.39, 0.29) is 0 Å². The maximum atomic E-state index is 10.1. The highest BCUT2D eigenvalue weighted by Gasteiger charge is 2.30. The molecule has 0 heterocycles. The van der Waals surface area contributed by atoms with Crippen LogP contribution in [0.25, 0.3) is 0 Å². The first-order valence-electron chi connectivity index (χ1n) is 5.78. The molecular formula is C15H13ClO. The minimum atomic E-state index is -0.395. The molecule has 0 aromatic heterocycles. The summed E-state index contributed by atoms with van der Waals surface area (Å²) in [4.78, 5) is 0. The average molecular weight is 245 g/mol. The van der Waals surface area contributed by atoms with Gasteiger partial charge in [-0.3, -0.25) is 0 Å². The molecule has 2 aromatic carbocycles. The molecule has 0 saturated heterocycles. The fraction of sp³-hybridized carbons (Fsp3) is 0.200. The topological polar surface area (TPSA) is 20.2 Å². The van der Waals surface area contributed by atoms with Gasteiger partial charge in [0.2, 0.25) is 0 Å². The van der Waals surface area contributed by atoms with Crippen molar-refractivity contribution in [1.29, 1.82) is 0 Å². The van der Waals surface area contributed by atoms with Gasteiger partial charge in [-0.15, -0.1) is 0 Å². The maximum absolute atomic E-state index is 10.1. The standard InChI is InChI=1S/C15H13ClO/c16-11-6-7-12-13(9-15(17)14(12)8-11)10-4-2-1-3-5-10/h1-8,13,15,17H,9H2/t13?,15-/m0/s1. The van der Waals surface area contributed by atoms with Crippen LogP contribution >= 0.6 is 11.6 Å². The molecule has 2 atom stereocenters. The van der Waals surface area contributed by atoms with E-state index in [2.05, 4.69) is 12.1 Å². The lowest BCUT2D eigenvalue weighted by molar-refractivity contribution is 0.176. The summed E-state index contributed by atoms with van der Waals surface area (Å²) in [7, 11) is 0. The summed E-state index contributed by atoms with van der Waals surface area (Å²) in [5.74, 6) is 0.290. The first kappa shape index (κ1) is 10.8. The van der Waals surface area contributed by atoms with Crippen molar-refractivity contribution in [3.05, 3.63) is 70.2 Å². The Balaban J connectivity index is 2.08. The zero-order valence-electron chi connectivity index (χ0n) is 9.31. The molecular weight excluding hydrogens is 232 g/mol. The van der Waals surface area contributed by atoms with E-state index in [0.29, 0.717) is 10.9 Å². The number of hydrogen-bond acceptors (Lipinski definition) is 1. The Morgan fingerprint density at radius 3 is 2.53 bits per heavy atom. The molecule has 0 spiro atoms. The number of hydrogen-bond donors (Lipinski definition) is 1. The van der Waals surface area contributed by atoms with Crippen molar-refractivity contribution in [1.82, 2.24) is 0 Å². The van der Waals surface area contributed by atoms with Crippen molar-refractivity contribution in [3.8, 4) is 0 Å². The van der Waals surface area contributed by atoms with E-state index in [1.165, 1.54) is 11.1 Å². The zero-order valence-corrected chi connectivity index (χ0v) is 10.1. The predicted octanol–water partition coefficient (Wildman–Crippen LogP) is 3.91. The third kappa shape index (κ3) is 1.86. The second-order valence-electron chi connectivity index (χ2n) is 4.49. The van der Waals surface area contributed by atoms with Gasteiger partial charge in [-0.1, -0.05) is 48.0 Å². The van der Waals surface area contributed by atoms with Crippen LogP contribution in [-0.2, 0) is 0 Å². The highest BCUT2D eigenvalue weighted by Crippen LogP contribution is 2.44. The number of benzene rings is 2. The molecule has 3 rings (SSSR count). The summed E-state index contributed by atoms with van der Waals surface area (Å²) in [6.45, 7) is 0. The van der Waals surface area contributed by atoms with Gasteiger partial charge in [0, 0.05) is 10.9 Å². The van der Waals surface area contributed by atoms with Crippen LogP contribution in [0, 0.1) is 0 Å². The van der Waals surface area contributed by atoms with Crippen molar-refractivity contribution < 1.29 is 5.11 Å². The van der Waals surface area contributed by atoms with Crippen LogP contribution in [0.4, 0.5) is 0 Å². The minimum Gasteiger partial charge on any atom is -0.388 e. The number of aliphatic hydroxyl groups is 1. The molecule has 0 saturated carbocycles. The zero-order chi connectivity index (χ0) is 11.8. The lowest BCUT2D eigenvalue weighted by Gasteiger charge is -2.11. The Morgan fingerprint density at radius 2 is 1.76 bits per heavy atom. The monoisotopic (exact) mass is 244 g/mol. The van der Waals surface area contributed by atoms with Gasteiger partial charge in [0.15, 0.2) is 0 Å². The largest absolute Gasteiger partial charge is 0.388 e. The molecule has 0 fully saturated rings. The molecule has 86 valence electrons. The second kappa shape index (κ2) is 4.17. The van der Waals surface area contributed by atoms with Crippen molar-refractivity contribution >= 4 is 11.6 Å². The van der Waals surface area contributed by atoms with Crippen LogP contribution in [0.2, 0.25) is 5.02 Å². The molecule has 0 bridgehead atoms. The van der Waals surface area contributed by atoms with Crippen LogP contribution in [0.3, 0.4) is 0 Å². The van der Waals surface area contributed by atoms with E-state index >= 15 is 0 Å². The molecule has 1 nitrogen and oxygen atoms in total. The normalized spacial score (nSPS) is 22.5. The van der Waals surface area contributed by atoms with Gasteiger partial charge in [0.25, 0.3) is 0 Å². The fourth-order valence-corrected chi connectivity index (χ4v) is 2.81. The summed E-state index contributed by atoms with van der Waals surface area (Å²) in [6, 6.07) is 16.1. The van der Waals surface area contributed by atoms with Crippen molar-refractivity contribution in [2.24, 2.45) is 0 Å². The van der Waals surface area contributed by atoms with E-state index in [9.17, 15) is 5.11 Å². The Bertz CT molecular complexity index is 536. The second-order valence-corrected chi connectivity index (χ2v) is 4.92. The van der Waals surface area contributed by atoms with Crippen LogP contribution in [0.1, 0.15) is 35.1 Å². The summed E-state index contributed by atoms with van der Waals surface area (Å²) in [6.07, 6.45) is 0.355. The smallest absolute Gasteiger partial charge is 0.0802 e. The summed E-state index contributed by atoms with van der Waals surface area (Å²) in [5.41, 5.74) is 3.44. The van der Waals surface area contributed by atoms with Gasteiger partial charge in [0.1, 0.15) is 0 Å². The van der Waals surface area contributed by atoms with E-state index in [0.717, 1.165) is 12.0 Å². The summed E-state index contributed by atoms with van der Waals surface area (Å²) in [5, 5.41) is 10.8. The highest BCUT2D eigenvalue weighted by molar-refractivity contribution is 6.30. The van der Waals surface area contributed by atoms with E-state index in [1.54, 1.807) is 0 Å². The quantitative estimate of drug-likeness (QED) is 0.807. The van der Waals surface area contributed by atoms with Gasteiger partial charge in [-0.25, -0.2) is 0 Å². The van der Waals surface area contributed by atoms with Crippen LogP contribution in [0.15, 0.2) is 48.5 Å². The predicted molar refractivity (Wildman–Crippen MR) is 69.3 cm³/mol. The highest BCUT2D eigenvalue weighted by atomic mass is 35.5. The SMILES string of the molecule is O[C@H]1CC(c2ccccc2)c2ccc(Cl)cc21. The molecule has 17 heavy (non-hydrogen) atoms. The lowest BCUT2D eigenvalue weighted by atomic mass is 9.93. The van der Waals surface area contributed by atoms with Gasteiger partial charge in [-0.05, 0) is 35.2 Å². The maximum Gasteiger partial charge on any atom is 0.0802 e. The van der Waals surface area contributed by atoms with E-state index < -0.39 is 6.10 Å². The van der Waals surface area contributed by atoms with Gasteiger partial charge < -0.3 is 5.11 Å². The van der Waals surface area contributed by atoms with Crippen molar-refractivity contribution in [3.63, 3.8) is 0 Å². The minimum absolute atomic E-state index is 0.290. The molecule has 0 radical (unpaired) electrons. The van der Waals surface area contributed by atoms with Gasteiger partial charge in [-0.2, -0.15) is 0 Å². The van der Waals surface area contributed by atoms with E-state index in [1.807, 2.05) is 36.4 Å². The molecule has 1 aliphatic carbocycles. The van der Waals surface area contributed by atoms with Crippen LogP contribution in [0.5, 0.6) is 0 Å². The van der Waals surface area contributed by atoms with Crippen molar-refractivity contribution in [2.45, 2.75) is 18.4 Å². The first-order chi connectivity index (χ1) is 8.25. The van der Waals surface area contributed by atoms with Crippen LogP contribution in [-0.4, -0.2) is 5.11 Å². The third-order valence-electron chi connectivity index (χ3n) is 3.44. The first-order valence-corrected chi connectivity index (χ1v) is 6.16. The van der Waals surface area contributed by atoms with Gasteiger partial charge >= 0.3 is 0 Å². The van der Waals surface area contributed by atoms with Gasteiger partial charge in [0.05, 0.1) is 6.10 Å².